The lowest BCUT2D eigenvalue weighted by atomic mass is 10.1. The Morgan fingerprint density at radius 1 is 1.09 bits per heavy atom. The number of Topliss-reactive ketones (excluding diaryl/α,β-unsaturated/α-hetero) is 1. The lowest BCUT2D eigenvalue weighted by Crippen LogP contribution is -2.00. The van der Waals surface area contributed by atoms with Crippen LogP contribution >= 0.6 is 23.2 Å². The lowest BCUT2D eigenvalue weighted by molar-refractivity contribution is 0.101. The number of hydrogen-bond acceptors (Lipinski definition) is 4. The van der Waals surface area contributed by atoms with E-state index >= 15 is 0 Å². The molecule has 5 nitrogen and oxygen atoms in total. The molecule has 0 bridgehead atoms. The summed E-state index contributed by atoms with van der Waals surface area (Å²) in [5, 5.41) is 2.04. The highest BCUT2D eigenvalue weighted by Gasteiger charge is 2.30. The third-order valence-electron chi connectivity index (χ3n) is 5.98. The van der Waals surface area contributed by atoms with Crippen molar-refractivity contribution >= 4 is 46.0 Å². The topological polar surface area (TPSA) is 49.7 Å². The molecule has 0 saturated carbocycles. The molecule has 1 aliphatic heterocycles. The van der Waals surface area contributed by atoms with Gasteiger partial charge in [0.15, 0.2) is 5.76 Å². The SMILES string of the molecule is COc1ccc2c(c1)c(/C=C1/Oc3c(ccc(OCc4c(Cl)cccc4Cl)c3C)C1=O)cn2C. The fourth-order valence-electron chi connectivity index (χ4n) is 4.13. The summed E-state index contributed by atoms with van der Waals surface area (Å²) in [6.45, 7) is 2.06. The number of carbonyl (C=O) groups excluding carboxylic acids is 1. The molecule has 0 fully saturated rings. The summed E-state index contributed by atoms with van der Waals surface area (Å²) in [6, 6.07) is 14.7. The number of aromatic nitrogens is 1. The minimum absolute atomic E-state index is 0.168. The van der Waals surface area contributed by atoms with E-state index in [0.717, 1.165) is 27.8 Å². The summed E-state index contributed by atoms with van der Waals surface area (Å²) in [6.07, 6.45) is 3.74. The van der Waals surface area contributed by atoms with Crippen LogP contribution in [0.25, 0.3) is 17.0 Å². The van der Waals surface area contributed by atoms with Crippen molar-refractivity contribution in [2.45, 2.75) is 13.5 Å². The first-order valence-electron chi connectivity index (χ1n) is 10.6. The van der Waals surface area contributed by atoms with E-state index in [2.05, 4.69) is 0 Å². The summed E-state index contributed by atoms with van der Waals surface area (Å²) >= 11 is 12.5. The van der Waals surface area contributed by atoms with Gasteiger partial charge in [-0.25, -0.2) is 0 Å². The van der Waals surface area contributed by atoms with Crippen LogP contribution in [-0.4, -0.2) is 17.5 Å². The summed E-state index contributed by atoms with van der Waals surface area (Å²) in [4.78, 5) is 13.1. The molecule has 1 aliphatic rings. The molecule has 0 unspecified atom stereocenters. The minimum Gasteiger partial charge on any atom is -0.497 e. The van der Waals surface area contributed by atoms with Gasteiger partial charge in [-0.05, 0) is 55.5 Å². The molecule has 0 radical (unpaired) electrons. The second-order valence-electron chi connectivity index (χ2n) is 8.07. The maximum Gasteiger partial charge on any atom is 0.231 e. The second kappa shape index (κ2) is 8.75. The van der Waals surface area contributed by atoms with E-state index in [0.29, 0.717) is 32.7 Å². The number of carbonyl (C=O) groups is 1. The Morgan fingerprint density at radius 3 is 2.59 bits per heavy atom. The molecule has 1 aromatic heterocycles. The fraction of sp³-hybridized carbons (Fsp3) is 0.148. The van der Waals surface area contributed by atoms with Gasteiger partial charge in [-0.15, -0.1) is 0 Å². The molecular weight excluding hydrogens is 473 g/mol. The Morgan fingerprint density at radius 2 is 1.85 bits per heavy atom. The van der Waals surface area contributed by atoms with Crippen LogP contribution in [0.15, 0.2) is 60.5 Å². The maximum atomic E-state index is 13.1. The number of hydrogen-bond donors (Lipinski definition) is 0. The number of fused-ring (bicyclic) bond motifs is 2. The van der Waals surface area contributed by atoms with Crippen LogP contribution in [0.4, 0.5) is 0 Å². The lowest BCUT2D eigenvalue weighted by Gasteiger charge is -2.13. The zero-order valence-corrected chi connectivity index (χ0v) is 20.3. The van der Waals surface area contributed by atoms with Crippen molar-refractivity contribution in [2.24, 2.45) is 7.05 Å². The van der Waals surface area contributed by atoms with Gasteiger partial charge in [0.2, 0.25) is 5.78 Å². The van der Waals surface area contributed by atoms with Crippen molar-refractivity contribution < 1.29 is 19.0 Å². The Labute approximate surface area is 207 Å². The molecule has 5 rings (SSSR count). The van der Waals surface area contributed by atoms with Gasteiger partial charge in [-0.1, -0.05) is 29.3 Å². The quantitative estimate of drug-likeness (QED) is 0.281. The number of halogens is 2. The number of ether oxygens (including phenoxy) is 3. The van der Waals surface area contributed by atoms with Crippen molar-refractivity contribution in [3.8, 4) is 17.2 Å². The Balaban J connectivity index is 1.46. The van der Waals surface area contributed by atoms with Gasteiger partial charge in [-0.3, -0.25) is 4.79 Å². The summed E-state index contributed by atoms with van der Waals surface area (Å²) < 4.78 is 19.4. The molecule has 2 heterocycles. The second-order valence-corrected chi connectivity index (χ2v) is 8.89. The molecule has 0 amide bonds. The molecule has 0 spiro atoms. The first kappa shape index (κ1) is 22.4. The maximum absolute atomic E-state index is 13.1. The van der Waals surface area contributed by atoms with E-state index in [1.165, 1.54) is 0 Å². The fourth-order valence-corrected chi connectivity index (χ4v) is 4.64. The van der Waals surface area contributed by atoms with Crippen LogP contribution in [0.3, 0.4) is 0 Å². The van der Waals surface area contributed by atoms with Crippen LogP contribution in [0.1, 0.15) is 27.0 Å². The standard InChI is InChI=1S/C27H21Cl2NO4/c1-15-24(33-14-20-21(28)5-4-6-22(20)29)10-8-18-26(31)25(34-27(15)18)11-16-13-30(2)23-9-7-17(32-3)12-19(16)23/h4-13H,14H2,1-3H3/b25-11+. The summed E-state index contributed by atoms with van der Waals surface area (Å²) in [5.41, 5.74) is 3.84. The first-order chi connectivity index (χ1) is 16.4. The van der Waals surface area contributed by atoms with Crippen molar-refractivity contribution in [1.29, 1.82) is 0 Å². The van der Waals surface area contributed by atoms with Crippen LogP contribution in [-0.2, 0) is 13.7 Å². The van der Waals surface area contributed by atoms with Gasteiger partial charge < -0.3 is 18.8 Å². The molecule has 3 aromatic carbocycles. The van der Waals surface area contributed by atoms with Crippen LogP contribution < -0.4 is 14.2 Å². The highest BCUT2D eigenvalue weighted by atomic mass is 35.5. The number of allylic oxidation sites excluding steroid dienone is 1. The molecule has 0 saturated heterocycles. The van der Waals surface area contributed by atoms with Gasteiger partial charge in [0.05, 0.1) is 12.7 Å². The predicted molar refractivity (Wildman–Crippen MR) is 134 cm³/mol. The number of rotatable bonds is 5. The van der Waals surface area contributed by atoms with E-state index in [1.54, 1.807) is 43.5 Å². The van der Waals surface area contributed by atoms with E-state index in [4.69, 9.17) is 37.4 Å². The molecule has 7 heteroatoms. The van der Waals surface area contributed by atoms with Gasteiger partial charge in [0, 0.05) is 50.9 Å². The number of aryl methyl sites for hydroxylation is 1. The van der Waals surface area contributed by atoms with E-state index < -0.39 is 0 Å². The minimum atomic E-state index is -0.168. The normalized spacial score (nSPS) is 13.9. The highest BCUT2D eigenvalue weighted by Crippen LogP contribution is 2.40. The Kier molecular flexibility index (Phi) is 5.76. The summed E-state index contributed by atoms with van der Waals surface area (Å²) in [7, 11) is 3.59. The Hall–Kier alpha value is -3.41. The van der Waals surface area contributed by atoms with Gasteiger partial charge in [-0.2, -0.15) is 0 Å². The van der Waals surface area contributed by atoms with E-state index in [9.17, 15) is 4.79 Å². The zero-order chi connectivity index (χ0) is 24.0. The Bertz CT molecular complexity index is 1470. The van der Waals surface area contributed by atoms with Crippen molar-refractivity contribution in [3.63, 3.8) is 0 Å². The van der Waals surface area contributed by atoms with Crippen molar-refractivity contribution in [1.82, 2.24) is 4.57 Å². The third-order valence-corrected chi connectivity index (χ3v) is 6.69. The predicted octanol–water partition coefficient (Wildman–Crippen LogP) is 7.00. The zero-order valence-electron chi connectivity index (χ0n) is 18.8. The average Bonchev–Trinajstić information content (AvgIpc) is 3.31. The number of ketones is 1. The molecule has 4 aromatic rings. The molecule has 0 N–H and O–H groups in total. The smallest absolute Gasteiger partial charge is 0.231 e. The molecule has 34 heavy (non-hydrogen) atoms. The molecule has 172 valence electrons. The average molecular weight is 494 g/mol. The van der Waals surface area contributed by atoms with Crippen molar-refractivity contribution in [2.75, 3.05) is 7.11 Å². The monoisotopic (exact) mass is 493 g/mol. The molecule has 0 atom stereocenters. The van der Waals surface area contributed by atoms with Crippen LogP contribution in [0.2, 0.25) is 10.0 Å². The third kappa shape index (κ3) is 3.81. The number of methoxy groups -OCH3 is 1. The number of nitrogens with zero attached hydrogens (tertiary/aromatic N) is 1. The van der Waals surface area contributed by atoms with E-state index in [-0.39, 0.29) is 18.1 Å². The highest BCUT2D eigenvalue weighted by molar-refractivity contribution is 6.35. The van der Waals surface area contributed by atoms with E-state index in [1.807, 2.05) is 42.9 Å². The molecular formula is C27H21Cl2NO4. The van der Waals surface area contributed by atoms with Gasteiger partial charge in [0.25, 0.3) is 0 Å². The van der Waals surface area contributed by atoms with Crippen molar-refractivity contribution in [3.05, 3.63) is 92.8 Å². The van der Waals surface area contributed by atoms with Gasteiger partial charge >= 0.3 is 0 Å². The first-order valence-corrected chi connectivity index (χ1v) is 11.4. The van der Waals surface area contributed by atoms with Gasteiger partial charge in [0.1, 0.15) is 23.9 Å². The molecule has 0 aliphatic carbocycles. The van der Waals surface area contributed by atoms with Crippen LogP contribution in [0, 0.1) is 6.92 Å². The summed E-state index contributed by atoms with van der Waals surface area (Å²) in [5.74, 6) is 1.94. The van der Waals surface area contributed by atoms with Crippen LogP contribution in [0.5, 0.6) is 17.2 Å². The number of benzene rings is 3. The largest absolute Gasteiger partial charge is 0.497 e.